The molecule has 1 heterocycles. The summed E-state index contributed by atoms with van der Waals surface area (Å²) in [5, 5.41) is 28.9. The van der Waals surface area contributed by atoms with E-state index in [1.807, 2.05) is 12.1 Å². The van der Waals surface area contributed by atoms with Gasteiger partial charge in [0.25, 0.3) is 0 Å². The van der Waals surface area contributed by atoms with E-state index in [0.29, 0.717) is 17.1 Å². The number of benzene rings is 2. The summed E-state index contributed by atoms with van der Waals surface area (Å²) >= 11 is 0. The molecule has 0 amide bonds. The number of ether oxygens (including phenoxy) is 2. The third-order valence-corrected chi connectivity index (χ3v) is 4.08. The molecule has 2 aromatic rings. The van der Waals surface area contributed by atoms with Crippen molar-refractivity contribution in [3.8, 4) is 23.0 Å². The summed E-state index contributed by atoms with van der Waals surface area (Å²) in [6.07, 6.45) is 5.39. The van der Waals surface area contributed by atoms with Crippen LogP contribution >= 0.6 is 0 Å². The lowest BCUT2D eigenvalue weighted by Gasteiger charge is -2.33. The van der Waals surface area contributed by atoms with Gasteiger partial charge in [-0.15, -0.1) is 0 Å². The van der Waals surface area contributed by atoms with Gasteiger partial charge in [-0.25, -0.2) is 0 Å². The summed E-state index contributed by atoms with van der Waals surface area (Å²) in [5.41, 5.74) is 1.43. The summed E-state index contributed by atoms with van der Waals surface area (Å²) in [6, 6.07) is 9.72. The minimum atomic E-state index is -0.668. The second kappa shape index (κ2) is 7.97. The molecule has 1 aliphatic heterocycles. The molecule has 0 aliphatic carbocycles. The maximum Gasteiger partial charge on any atom is 0.163 e. The first-order valence-electron chi connectivity index (χ1n) is 8.43. The summed E-state index contributed by atoms with van der Waals surface area (Å²) in [4.78, 5) is 10.9. The number of aliphatic hydroxyl groups is 1. The molecule has 0 spiro atoms. The molecule has 1 aliphatic rings. The number of aromatic hydroxyl groups is 2. The Morgan fingerprint density at radius 1 is 1.04 bits per heavy atom. The number of phenols is 2. The zero-order chi connectivity index (χ0) is 19.4. The number of carbonyl (C=O) groups excluding carboxylic acids is 1. The molecular weight excluding hydrogens is 348 g/mol. The Morgan fingerprint density at radius 3 is 2.56 bits per heavy atom. The Morgan fingerprint density at radius 2 is 1.85 bits per heavy atom. The van der Waals surface area contributed by atoms with Gasteiger partial charge in [0.1, 0.15) is 0 Å². The van der Waals surface area contributed by atoms with E-state index in [4.69, 9.17) is 9.47 Å². The van der Waals surface area contributed by atoms with E-state index < -0.39 is 12.2 Å². The van der Waals surface area contributed by atoms with Crippen molar-refractivity contribution in [1.82, 2.24) is 0 Å². The molecular formula is C21H20O6. The third kappa shape index (κ3) is 4.30. The van der Waals surface area contributed by atoms with Gasteiger partial charge in [-0.3, -0.25) is 4.79 Å². The number of fused-ring (bicyclic) bond motifs is 1. The lowest BCUT2D eigenvalue weighted by atomic mass is 10.0. The highest BCUT2D eigenvalue weighted by Crippen LogP contribution is 2.41. The topological polar surface area (TPSA) is 96.2 Å². The first-order chi connectivity index (χ1) is 13.0. The Bertz CT molecular complexity index is 900. The quantitative estimate of drug-likeness (QED) is 0.426. The normalized spacial score (nSPS) is 18.9. The first-order valence-corrected chi connectivity index (χ1v) is 8.43. The lowest BCUT2D eigenvalue weighted by Crippen LogP contribution is -2.36. The van der Waals surface area contributed by atoms with Crippen molar-refractivity contribution in [3.63, 3.8) is 0 Å². The number of aliphatic hydroxyl groups excluding tert-OH is 1. The molecule has 27 heavy (non-hydrogen) atoms. The van der Waals surface area contributed by atoms with Crippen LogP contribution in [0.5, 0.6) is 23.0 Å². The number of rotatable bonds is 5. The zero-order valence-electron chi connectivity index (χ0n) is 14.7. The van der Waals surface area contributed by atoms with Crippen molar-refractivity contribution in [2.45, 2.75) is 19.1 Å². The predicted octanol–water partition coefficient (Wildman–Crippen LogP) is 3.13. The van der Waals surface area contributed by atoms with Crippen LogP contribution < -0.4 is 9.47 Å². The van der Waals surface area contributed by atoms with E-state index in [-0.39, 0.29) is 23.9 Å². The summed E-state index contributed by atoms with van der Waals surface area (Å²) in [6.45, 7) is 1.20. The van der Waals surface area contributed by atoms with Gasteiger partial charge in [0.05, 0.1) is 6.61 Å². The maximum atomic E-state index is 10.9. The van der Waals surface area contributed by atoms with Gasteiger partial charge in [-0.1, -0.05) is 30.4 Å². The lowest BCUT2D eigenvalue weighted by molar-refractivity contribution is -0.112. The van der Waals surface area contributed by atoms with Crippen molar-refractivity contribution in [3.05, 3.63) is 65.8 Å². The fourth-order valence-corrected chi connectivity index (χ4v) is 2.75. The Kier molecular flexibility index (Phi) is 5.47. The predicted molar refractivity (Wildman–Crippen MR) is 99.9 cm³/mol. The molecule has 0 aromatic heterocycles. The second-order valence-corrected chi connectivity index (χ2v) is 6.16. The monoisotopic (exact) mass is 368 g/mol. The Balaban J connectivity index is 1.84. The molecule has 0 radical (unpaired) electrons. The van der Waals surface area contributed by atoms with Gasteiger partial charge in [-0.2, -0.15) is 0 Å². The van der Waals surface area contributed by atoms with Crippen molar-refractivity contribution in [2.24, 2.45) is 0 Å². The van der Waals surface area contributed by atoms with Crippen LogP contribution in [0.4, 0.5) is 0 Å². The fraction of sp³-hybridized carbons (Fsp3) is 0.190. The highest BCUT2D eigenvalue weighted by molar-refractivity contribution is 5.87. The molecule has 0 fully saturated rings. The summed E-state index contributed by atoms with van der Waals surface area (Å²) < 4.78 is 11.8. The fourth-order valence-electron chi connectivity index (χ4n) is 2.75. The van der Waals surface area contributed by atoms with Crippen molar-refractivity contribution in [2.75, 3.05) is 6.61 Å². The number of ketones is 1. The molecule has 3 N–H and O–H groups in total. The smallest absolute Gasteiger partial charge is 0.163 e. The number of phenolic OH excluding ortho intramolecular Hbond substituents is 2. The molecule has 0 unspecified atom stereocenters. The van der Waals surface area contributed by atoms with Gasteiger partial charge >= 0.3 is 0 Å². The molecule has 0 saturated carbocycles. The minimum absolute atomic E-state index is 0.0288. The van der Waals surface area contributed by atoms with Crippen LogP contribution in [0.25, 0.3) is 6.08 Å². The highest BCUT2D eigenvalue weighted by Gasteiger charge is 2.33. The Labute approximate surface area is 156 Å². The van der Waals surface area contributed by atoms with Gasteiger partial charge in [0.15, 0.2) is 41.0 Å². The molecule has 2 aromatic carbocycles. The summed E-state index contributed by atoms with van der Waals surface area (Å²) in [7, 11) is 0. The highest BCUT2D eigenvalue weighted by atomic mass is 16.6. The Hall–Kier alpha value is -3.25. The molecule has 3 rings (SSSR count). The number of allylic oxidation sites excluding steroid dienone is 3. The second-order valence-electron chi connectivity index (χ2n) is 6.16. The van der Waals surface area contributed by atoms with Crippen LogP contribution in [0.15, 0.2) is 54.6 Å². The molecule has 0 bridgehead atoms. The average Bonchev–Trinajstić information content (AvgIpc) is 2.66. The van der Waals surface area contributed by atoms with E-state index in [9.17, 15) is 20.1 Å². The maximum absolute atomic E-state index is 10.9. The van der Waals surface area contributed by atoms with E-state index in [2.05, 4.69) is 0 Å². The summed E-state index contributed by atoms with van der Waals surface area (Å²) in [5.74, 6) is 0.475. The third-order valence-electron chi connectivity index (χ3n) is 4.08. The van der Waals surface area contributed by atoms with Crippen molar-refractivity contribution in [1.29, 1.82) is 0 Å². The van der Waals surface area contributed by atoms with Crippen molar-refractivity contribution < 1.29 is 29.6 Å². The SMILES string of the molecule is CC(=O)/C=C/C=C/c1ccc2c(c1)O[C@@H](CO)[C@H](c1ccc(O)c(O)c1)O2. The molecule has 6 heteroatoms. The first kappa shape index (κ1) is 18.5. The average molecular weight is 368 g/mol. The van der Waals surface area contributed by atoms with Gasteiger partial charge in [-0.05, 0) is 42.8 Å². The standard InChI is InChI=1S/C21H20O6/c1-13(23)4-2-3-5-14-6-9-18-19(10-14)26-20(12-22)21(27-18)15-7-8-16(24)17(25)11-15/h2-11,20-22,24-25H,12H2,1H3/b4-2+,5-3+/t20-,21-/m0/s1. The molecule has 6 nitrogen and oxygen atoms in total. The van der Waals surface area contributed by atoms with Crippen LogP contribution in [-0.2, 0) is 4.79 Å². The van der Waals surface area contributed by atoms with Gasteiger partial charge < -0.3 is 24.8 Å². The number of carbonyl (C=O) groups is 1. The number of hydrogen-bond donors (Lipinski definition) is 3. The van der Waals surface area contributed by atoms with Crippen LogP contribution in [0, 0.1) is 0 Å². The van der Waals surface area contributed by atoms with E-state index in [1.165, 1.54) is 25.1 Å². The van der Waals surface area contributed by atoms with Crippen LogP contribution in [0.2, 0.25) is 0 Å². The van der Waals surface area contributed by atoms with Crippen LogP contribution in [0.1, 0.15) is 24.2 Å². The van der Waals surface area contributed by atoms with E-state index in [1.54, 1.807) is 30.4 Å². The molecule has 140 valence electrons. The van der Waals surface area contributed by atoms with Gasteiger partial charge in [0.2, 0.25) is 0 Å². The van der Waals surface area contributed by atoms with Crippen LogP contribution in [0.3, 0.4) is 0 Å². The minimum Gasteiger partial charge on any atom is -0.504 e. The number of hydrogen-bond acceptors (Lipinski definition) is 6. The van der Waals surface area contributed by atoms with E-state index in [0.717, 1.165) is 5.56 Å². The van der Waals surface area contributed by atoms with E-state index >= 15 is 0 Å². The zero-order valence-corrected chi connectivity index (χ0v) is 14.7. The molecule has 0 saturated heterocycles. The van der Waals surface area contributed by atoms with Gasteiger partial charge in [0, 0.05) is 5.56 Å². The van der Waals surface area contributed by atoms with Crippen LogP contribution in [-0.4, -0.2) is 33.8 Å². The molecule has 2 atom stereocenters. The largest absolute Gasteiger partial charge is 0.504 e. The van der Waals surface area contributed by atoms with Crippen molar-refractivity contribution >= 4 is 11.9 Å².